The van der Waals surface area contributed by atoms with E-state index in [9.17, 15) is 5.11 Å². The monoisotopic (exact) mass is 258 g/mol. The minimum atomic E-state index is -0.0965. The Morgan fingerprint density at radius 2 is 1.79 bits per heavy atom. The molecule has 1 heterocycles. The smallest absolute Gasteiger partial charge is 0.231 e. The van der Waals surface area contributed by atoms with E-state index in [1.807, 2.05) is 30.3 Å². The van der Waals surface area contributed by atoms with Crippen molar-refractivity contribution in [1.82, 2.24) is 0 Å². The van der Waals surface area contributed by atoms with Crippen LogP contribution in [0.3, 0.4) is 0 Å². The molecule has 4 nitrogen and oxygen atoms in total. The van der Waals surface area contributed by atoms with Crippen molar-refractivity contribution in [3.05, 3.63) is 53.6 Å². The van der Waals surface area contributed by atoms with Gasteiger partial charge >= 0.3 is 0 Å². The lowest BCUT2D eigenvalue weighted by atomic mass is 10.2. The largest absolute Gasteiger partial charge is 0.488 e. The van der Waals surface area contributed by atoms with Gasteiger partial charge in [0, 0.05) is 11.6 Å². The van der Waals surface area contributed by atoms with Gasteiger partial charge < -0.3 is 19.3 Å². The molecule has 98 valence electrons. The average molecular weight is 258 g/mol. The maximum atomic E-state index is 9.37. The van der Waals surface area contributed by atoms with Crippen LogP contribution < -0.4 is 14.2 Å². The predicted octanol–water partition coefficient (Wildman–Crippen LogP) is 2.49. The molecule has 0 saturated carbocycles. The second-order valence-corrected chi connectivity index (χ2v) is 4.25. The predicted molar refractivity (Wildman–Crippen MR) is 69.3 cm³/mol. The number of benzene rings is 2. The summed E-state index contributed by atoms with van der Waals surface area (Å²) in [6, 6.07) is 13.4. The molecule has 19 heavy (non-hydrogen) atoms. The van der Waals surface area contributed by atoms with Gasteiger partial charge in [-0.05, 0) is 11.6 Å². The normalized spacial score (nSPS) is 12.5. The quantitative estimate of drug-likeness (QED) is 0.915. The molecule has 0 spiro atoms. The Morgan fingerprint density at radius 1 is 1.05 bits per heavy atom. The van der Waals surface area contributed by atoms with Crippen LogP contribution in [0.1, 0.15) is 11.1 Å². The Labute approximate surface area is 111 Å². The third-order valence-corrected chi connectivity index (χ3v) is 2.96. The van der Waals surface area contributed by atoms with Gasteiger partial charge in [-0.25, -0.2) is 0 Å². The van der Waals surface area contributed by atoms with E-state index in [1.54, 1.807) is 12.1 Å². The molecule has 1 N–H and O–H groups in total. The number of ether oxygens (including phenoxy) is 3. The molecule has 0 unspecified atom stereocenters. The van der Waals surface area contributed by atoms with Gasteiger partial charge in [0.15, 0.2) is 11.5 Å². The summed E-state index contributed by atoms with van der Waals surface area (Å²) in [4.78, 5) is 0. The fourth-order valence-electron chi connectivity index (χ4n) is 1.96. The molecule has 3 rings (SSSR count). The maximum absolute atomic E-state index is 9.37. The maximum Gasteiger partial charge on any atom is 0.231 e. The van der Waals surface area contributed by atoms with Crippen molar-refractivity contribution in [3.8, 4) is 17.2 Å². The van der Waals surface area contributed by atoms with Gasteiger partial charge in [0.2, 0.25) is 6.79 Å². The topological polar surface area (TPSA) is 47.9 Å². The fourth-order valence-corrected chi connectivity index (χ4v) is 1.96. The molecule has 0 bridgehead atoms. The number of aliphatic hydroxyl groups is 1. The average Bonchev–Trinajstić information content (AvgIpc) is 2.92. The van der Waals surface area contributed by atoms with Crippen LogP contribution in [0, 0.1) is 0 Å². The number of rotatable bonds is 4. The van der Waals surface area contributed by atoms with Crippen molar-refractivity contribution in [3.63, 3.8) is 0 Å². The Kier molecular flexibility index (Phi) is 3.25. The molecule has 4 heteroatoms. The lowest BCUT2D eigenvalue weighted by Gasteiger charge is -2.11. The summed E-state index contributed by atoms with van der Waals surface area (Å²) in [6.45, 7) is 0.566. The van der Waals surface area contributed by atoms with Gasteiger partial charge in [0.1, 0.15) is 12.4 Å². The highest BCUT2D eigenvalue weighted by Crippen LogP contribution is 2.38. The van der Waals surface area contributed by atoms with Crippen LogP contribution >= 0.6 is 0 Å². The molecular formula is C15H14O4. The first kappa shape index (κ1) is 11.9. The molecule has 0 fully saturated rings. The van der Waals surface area contributed by atoms with Gasteiger partial charge in [0.05, 0.1) is 6.61 Å². The highest BCUT2D eigenvalue weighted by molar-refractivity contribution is 5.51. The van der Waals surface area contributed by atoms with Crippen molar-refractivity contribution in [2.24, 2.45) is 0 Å². The van der Waals surface area contributed by atoms with Crippen LogP contribution in [-0.4, -0.2) is 11.9 Å². The molecule has 1 aliphatic rings. The van der Waals surface area contributed by atoms with Crippen molar-refractivity contribution in [1.29, 1.82) is 0 Å². The first-order valence-corrected chi connectivity index (χ1v) is 6.07. The Hall–Kier alpha value is -2.20. The molecule has 0 radical (unpaired) electrons. The second kappa shape index (κ2) is 5.20. The van der Waals surface area contributed by atoms with Crippen molar-refractivity contribution in [2.75, 3.05) is 6.79 Å². The van der Waals surface area contributed by atoms with E-state index < -0.39 is 0 Å². The van der Waals surface area contributed by atoms with Crippen LogP contribution in [0.25, 0.3) is 0 Å². The highest BCUT2D eigenvalue weighted by Gasteiger charge is 2.17. The van der Waals surface area contributed by atoms with Crippen molar-refractivity contribution < 1.29 is 19.3 Å². The first-order chi connectivity index (χ1) is 9.36. The van der Waals surface area contributed by atoms with Gasteiger partial charge in [-0.15, -0.1) is 0 Å². The molecule has 0 aromatic heterocycles. The van der Waals surface area contributed by atoms with Crippen molar-refractivity contribution in [2.45, 2.75) is 13.2 Å². The zero-order valence-corrected chi connectivity index (χ0v) is 10.3. The van der Waals surface area contributed by atoms with Crippen LogP contribution in [0.5, 0.6) is 17.2 Å². The molecule has 2 aromatic rings. The molecular weight excluding hydrogens is 244 g/mol. The second-order valence-electron chi connectivity index (χ2n) is 4.25. The molecule has 0 aliphatic carbocycles. The summed E-state index contributed by atoms with van der Waals surface area (Å²) in [5.41, 5.74) is 1.77. The minimum absolute atomic E-state index is 0.0965. The zero-order valence-electron chi connectivity index (χ0n) is 10.3. The first-order valence-electron chi connectivity index (χ1n) is 6.07. The van der Waals surface area contributed by atoms with E-state index in [1.165, 1.54) is 0 Å². The fraction of sp³-hybridized carbons (Fsp3) is 0.200. The third-order valence-electron chi connectivity index (χ3n) is 2.96. The molecule has 2 aromatic carbocycles. The summed E-state index contributed by atoms with van der Waals surface area (Å²) in [6.07, 6.45) is 0. The Bertz CT molecular complexity index is 566. The number of hydrogen-bond acceptors (Lipinski definition) is 4. The van der Waals surface area contributed by atoms with Gasteiger partial charge in [-0.1, -0.05) is 30.3 Å². The van der Waals surface area contributed by atoms with Crippen LogP contribution in [-0.2, 0) is 13.2 Å². The van der Waals surface area contributed by atoms with Crippen LogP contribution in [0.15, 0.2) is 42.5 Å². The van der Waals surface area contributed by atoms with Gasteiger partial charge in [0.25, 0.3) is 0 Å². The van der Waals surface area contributed by atoms with E-state index >= 15 is 0 Å². The van der Waals surface area contributed by atoms with E-state index in [-0.39, 0.29) is 13.4 Å². The van der Waals surface area contributed by atoms with E-state index in [0.717, 1.165) is 5.56 Å². The zero-order chi connectivity index (χ0) is 13.1. The summed E-state index contributed by atoms with van der Waals surface area (Å²) in [5, 5.41) is 9.37. The van der Waals surface area contributed by atoms with E-state index in [2.05, 4.69) is 0 Å². The molecule has 0 saturated heterocycles. The van der Waals surface area contributed by atoms with E-state index in [0.29, 0.717) is 29.4 Å². The lowest BCUT2D eigenvalue weighted by Crippen LogP contribution is -1.98. The Morgan fingerprint density at radius 3 is 2.53 bits per heavy atom. The summed E-state index contributed by atoms with van der Waals surface area (Å²) >= 11 is 0. The van der Waals surface area contributed by atoms with Gasteiger partial charge in [-0.3, -0.25) is 0 Å². The summed E-state index contributed by atoms with van der Waals surface area (Å²) in [5.74, 6) is 1.92. The minimum Gasteiger partial charge on any atom is -0.488 e. The highest BCUT2D eigenvalue weighted by atomic mass is 16.7. The molecule has 0 amide bonds. The number of aliphatic hydroxyl groups excluding tert-OH is 1. The SMILES string of the molecule is OCc1cc2c(cc1OCc1ccccc1)OCO2. The van der Waals surface area contributed by atoms with Crippen molar-refractivity contribution >= 4 is 0 Å². The van der Waals surface area contributed by atoms with Crippen LogP contribution in [0.2, 0.25) is 0 Å². The number of hydrogen-bond donors (Lipinski definition) is 1. The van der Waals surface area contributed by atoms with Crippen LogP contribution in [0.4, 0.5) is 0 Å². The van der Waals surface area contributed by atoms with Gasteiger partial charge in [-0.2, -0.15) is 0 Å². The molecule has 0 atom stereocenters. The summed E-state index contributed by atoms with van der Waals surface area (Å²) in [7, 11) is 0. The summed E-state index contributed by atoms with van der Waals surface area (Å²) < 4.78 is 16.3. The standard InChI is InChI=1S/C15H14O4/c16-8-12-6-14-15(19-10-18-14)7-13(12)17-9-11-4-2-1-3-5-11/h1-7,16H,8-10H2. The van der Waals surface area contributed by atoms with E-state index in [4.69, 9.17) is 14.2 Å². The Balaban J connectivity index is 1.80. The number of fused-ring (bicyclic) bond motifs is 1. The molecule has 1 aliphatic heterocycles. The lowest BCUT2D eigenvalue weighted by molar-refractivity contribution is 0.173. The third kappa shape index (κ3) is 2.48.